The molecule has 0 fully saturated rings. The first-order valence-corrected chi connectivity index (χ1v) is 7.48. The Kier molecular flexibility index (Phi) is 4.81. The molecule has 1 amide bonds. The second-order valence-corrected chi connectivity index (χ2v) is 5.12. The van der Waals surface area contributed by atoms with Crippen molar-refractivity contribution in [1.82, 2.24) is 0 Å². The van der Waals surface area contributed by atoms with Crippen LogP contribution in [0.3, 0.4) is 0 Å². The largest absolute Gasteiger partial charge is 0.454 e. The van der Waals surface area contributed by atoms with Crippen LogP contribution >= 0.6 is 0 Å². The molecule has 2 aromatic carbocycles. The van der Waals surface area contributed by atoms with Crippen molar-refractivity contribution >= 4 is 17.6 Å². The van der Waals surface area contributed by atoms with E-state index in [0.717, 1.165) is 0 Å². The molecule has 126 valence electrons. The minimum atomic E-state index is -0.656. The van der Waals surface area contributed by atoms with Crippen LogP contribution in [0.2, 0.25) is 0 Å². The minimum Gasteiger partial charge on any atom is -0.454 e. The predicted octanol–water partition coefficient (Wildman–Crippen LogP) is 2.13. The van der Waals surface area contributed by atoms with Crippen LogP contribution < -0.4 is 14.4 Å². The van der Waals surface area contributed by atoms with Crippen LogP contribution in [0, 0.1) is 11.3 Å². The minimum absolute atomic E-state index is 0.104. The van der Waals surface area contributed by atoms with Gasteiger partial charge in [0.25, 0.3) is 5.91 Å². The molecule has 0 radical (unpaired) electrons. The maximum Gasteiger partial charge on any atom is 0.338 e. The highest BCUT2D eigenvalue weighted by atomic mass is 16.7. The molecule has 7 heteroatoms. The SMILES string of the molecule is N#CCN(C(=O)COC(=O)c1ccc2c(c1)OCO2)c1ccccc1. The van der Waals surface area contributed by atoms with Gasteiger partial charge in [-0.2, -0.15) is 5.26 Å². The molecule has 1 aliphatic rings. The zero-order chi connectivity index (χ0) is 17.6. The number of fused-ring (bicyclic) bond motifs is 1. The number of nitrogens with zero attached hydrogens (tertiary/aromatic N) is 2. The summed E-state index contributed by atoms with van der Waals surface area (Å²) in [4.78, 5) is 25.7. The summed E-state index contributed by atoms with van der Waals surface area (Å²) in [7, 11) is 0. The van der Waals surface area contributed by atoms with E-state index in [1.54, 1.807) is 36.4 Å². The molecule has 2 aromatic rings. The molecule has 1 heterocycles. The average Bonchev–Trinajstić information content (AvgIpc) is 3.12. The summed E-state index contributed by atoms with van der Waals surface area (Å²) in [6, 6.07) is 15.3. The predicted molar refractivity (Wildman–Crippen MR) is 87.3 cm³/mol. The molecular formula is C18H14N2O5. The number of carbonyl (C=O) groups excluding carboxylic acids is 2. The molecule has 0 atom stereocenters. The number of nitriles is 1. The number of esters is 1. The summed E-state index contributed by atoms with van der Waals surface area (Å²) >= 11 is 0. The number of hydrogen-bond donors (Lipinski definition) is 0. The number of anilines is 1. The molecule has 1 aliphatic heterocycles. The van der Waals surface area contributed by atoms with Crippen LogP contribution in [-0.2, 0) is 9.53 Å². The van der Waals surface area contributed by atoms with Gasteiger partial charge in [-0.15, -0.1) is 0 Å². The lowest BCUT2D eigenvalue weighted by Crippen LogP contribution is -2.35. The maximum atomic E-state index is 12.3. The lowest BCUT2D eigenvalue weighted by Gasteiger charge is -2.19. The first-order valence-electron chi connectivity index (χ1n) is 7.48. The van der Waals surface area contributed by atoms with Gasteiger partial charge in [0.05, 0.1) is 11.6 Å². The van der Waals surface area contributed by atoms with Gasteiger partial charge in [-0.1, -0.05) is 18.2 Å². The van der Waals surface area contributed by atoms with Crippen LogP contribution in [0.5, 0.6) is 11.5 Å². The summed E-state index contributed by atoms with van der Waals surface area (Å²) in [5.41, 5.74) is 0.816. The number of carbonyl (C=O) groups is 2. The van der Waals surface area contributed by atoms with Gasteiger partial charge in [-0.05, 0) is 30.3 Å². The summed E-state index contributed by atoms with van der Waals surface area (Å²) in [5, 5.41) is 8.91. The second kappa shape index (κ2) is 7.36. The third-order valence-corrected chi connectivity index (χ3v) is 3.53. The van der Waals surface area contributed by atoms with Gasteiger partial charge in [0.15, 0.2) is 18.1 Å². The first-order chi connectivity index (χ1) is 12.2. The number of ether oxygens (including phenoxy) is 3. The van der Waals surface area contributed by atoms with E-state index in [2.05, 4.69) is 0 Å². The zero-order valence-electron chi connectivity index (χ0n) is 13.2. The van der Waals surface area contributed by atoms with E-state index in [0.29, 0.717) is 17.2 Å². The molecular weight excluding hydrogens is 324 g/mol. The van der Waals surface area contributed by atoms with Gasteiger partial charge in [-0.3, -0.25) is 9.69 Å². The Morgan fingerprint density at radius 1 is 1.12 bits per heavy atom. The van der Waals surface area contributed by atoms with Crippen molar-refractivity contribution in [3.63, 3.8) is 0 Å². The van der Waals surface area contributed by atoms with E-state index in [4.69, 9.17) is 19.5 Å². The molecule has 3 rings (SSSR count). The normalized spacial score (nSPS) is 11.5. The quantitative estimate of drug-likeness (QED) is 0.613. The lowest BCUT2D eigenvalue weighted by atomic mass is 10.2. The Labute approximate surface area is 143 Å². The van der Waals surface area contributed by atoms with Gasteiger partial charge >= 0.3 is 5.97 Å². The molecule has 0 bridgehead atoms. The van der Waals surface area contributed by atoms with Crippen LogP contribution in [0.15, 0.2) is 48.5 Å². The van der Waals surface area contributed by atoms with Gasteiger partial charge < -0.3 is 14.2 Å². The van der Waals surface area contributed by atoms with Gasteiger partial charge in [-0.25, -0.2) is 4.79 Å². The van der Waals surface area contributed by atoms with Crippen molar-refractivity contribution in [1.29, 1.82) is 5.26 Å². The molecule has 0 aliphatic carbocycles. The van der Waals surface area contributed by atoms with Crippen molar-refractivity contribution in [2.24, 2.45) is 0 Å². The fraction of sp³-hybridized carbons (Fsp3) is 0.167. The Morgan fingerprint density at radius 2 is 1.88 bits per heavy atom. The van der Waals surface area contributed by atoms with E-state index in [1.165, 1.54) is 17.0 Å². The number of rotatable bonds is 5. The summed E-state index contributed by atoms with van der Waals surface area (Å²) < 4.78 is 15.4. The molecule has 0 saturated heterocycles. The van der Waals surface area contributed by atoms with Crippen molar-refractivity contribution in [3.8, 4) is 17.6 Å². The molecule has 0 saturated carbocycles. The Morgan fingerprint density at radius 3 is 2.64 bits per heavy atom. The first kappa shape index (κ1) is 16.3. The summed E-state index contributed by atoms with van der Waals surface area (Å²) in [6.45, 7) is -0.499. The smallest absolute Gasteiger partial charge is 0.338 e. The molecule has 0 aromatic heterocycles. The highest BCUT2D eigenvalue weighted by Gasteiger charge is 2.20. The highest BCUT2D eigenvalue weighted by Crippen LogP contribution is 2.32. The van der Waals surface area contributed by atoms with Crippen LogP contribution in [-0.4, -0.2) is 31.8 Å². The lowest BCUT2D eigenvalue weighted by molar-refractivity contribution is -0.121. The Bertz CT molecular complexity index is 829. The molecule has 0 N–H and O–H groups in total. The van der Waals surface area contributed by atoms with Crippen LogP contribution in [0.1, 0.15) is 10.4 Å². The Balaban J connectivity index is 1.64. The molecule has 0 spiro atoms. The number of amides is 1. The van der Waals surface area contributed by atoms with Gasteiger partial charge in [0.1, 0.15) is 6.54 Å². The second-order valence-electron chi connectivity index (χ2n) is 5.12. The molecule has 0 unspecified atom stereocenters. The zero-order valence-corrected chi connectivity index (χ0v) is 13.2. The van der Waals surface area contributed by atoms with E-state index in [9.17, 15) is 9.59 Å². The maximum absolute atomic E-state index is 12.3. The topological polar surface area (TPSA) is 88.9 Å². The summed E-state index contributed by atoms with van der Waals surface area (Å²) in [6.07, 6.45) is 0. The highest BCUT2D eigenvalue weighted by molar-refractivity contribution is 5.97. The molecule has 25 heavy (non-hydrogen) atoms. The van der Waals surface area contributed by atoms with Gasteiger partial charge in [0.2, 0.25) is 6.79 Å². The average molecular weight is 338 g/mol. The fourth-order valence-electron chi connectivity index (χ4n) is 2.31. The number of hydrogen-bond acceptors (Lipinski definition) is 6. The monoisotopic (exact) mass is 338 g/mol. The van der Waals surface area contributed by atoms with Crippen LogP contribution in [0.25, 0.3) is 0 Å². The standard InChI is InChI=1S/C18H14N2O5/c19-8-9-20(14-4-2-1-3-5-14)17(21)11-23-18(22)13-6-7-15-16(10-13)25-12-24-15/h1-7,10H,9,11-12H2. The van der Waals surface area contributed by atoms with E-state index in [-0.39, 0.29) is 18.9 Å². The van der Waals surface area contributed by atoms with Gasteiger partial charge in [0, 0.05) is 5.69 Å². The third-order valence-electron chi connectivity index (χ3n) is 3.53. The third kappa shape index (κ3) is 3.70. The summed E-state index contributed by atoms with van der Waals surface area (Å²) in [5.74, 6) is -0.133. The van der Waals surface area contributed by atoms with Crippen molar-refractivity contribution in [2.75, 3.05) is 24.8 Å². The number of para-hydroxylation sites is 1. The van der Waals surface area contributed by atoms with E-state index < -0.39 is 18.5 Å². The van der Waals surface area contributed by atoms with Crippen molar-refractivity contribution < 1.29 is 23.8 Å². The van der Waals surface area contributed by atoms with Crippen molar-refractivity contribution in [3.05, 3.63) is 54.1 Å². The fourth-order valence-corrected chi connectivity index (χ4v) is 2.31. The van der Waals surface area contributed by atoms with Crippen molar-refractivity contribution in [2.45, 2.75) is 0 Å². The van der Waals surface area contributed by atoms with Crippen LogP contribution in [0.4, 0.5) is 5.69 Å². The Hall–Kier alpha value is -3.53. The number of benzene rings is 2. The molecule has 7 nitrogen and oxygen atoms in total. The van der Waals surface area contributed by atoms with E-state index >= 15 is 0 Å². The van der Waals surface area contributed by atoms with E-state index in [1.807, 2.05) is 6.07 Å².